The molecule has 0 atom stereocenters. The van der Waals surface area contributed by atoms with E-state index in [2.05, 4.69) is 22.3 Å². The zero-order valence-corrected chi connectivity index (χ0v) is 19.2. The number of hydrogen-bond acceptors (Lipinski definition) is 5. The molecule has 1 amide bonds. The second kappa shape index (κ2) is 9.83. The SMILES string of the molecule is C[B]c1ccc(C2CCSCC2)c2ncc(NC(=O)c3ccc(CN(C)C)cc3)nc12. The molecule has 0 bridgehead atoms. The Morgan fingerprint density at radius 3 is 2.55 bits per heavy atom. The molecule has 5 nitrogen and oxygen atoms in total. The Morgan fingerprint density at radius 2 is 1.87 bits per heavy atom. The second-order valence-electron chi connectivity index (χ2n) is 8.26. The normalized spacial score (nSPS) is 14.7. The molecule has 2 heterocycles. The quantitative estimate of drug-likeness (QED) is 0.600. The summed E-state index contributed by atoms with van der Waals surface area (Å²) >= 11 is 2.03. The molecular weight excluding hydrogens is 403 g/mol. The van der Waals surface area contributed by atoms with Crippen molar-refractivity contribution in [2.75, 3.05) is 30.9 Å². The topological polar surface area (TPSA) is 58.1 Å². The summed E-state index contributed by atoms with van der Waals surface area (Å²) in [6.45, 7) is 2.85. The summed E-state index contributed by atoms with van der Waals surface area (Å²) < 4.78 is 0. The van der Waals surface area contributed by atoms with Crippen molar-refractivity contribution in [1.29, 1.82) is 0 Å². The molecular formula is C24H28BN4OS. The highest BCUT2D eigenvalue weighted by Crippen LogP contribution is 2.34. The highest BCUT2D eigenvalue weighted by molar-refractivity contribution is 7.99. The minimum Gasteiger partial charge on any atom is -0.305 e. The van der Waals surface area contributed by atoms with E-state index in [-0.39, 0.29) is 5.91 Å². The van der Waals surface area contributed by atoms with E-state index in [4.69, 9.17) is 9.97 Å². The summed E-state index contributed by atoms with van der Waals surface area (Å²) in [4.78, 5) is 24.4. The van der Waals surface area contributed by atoms with Crippen molar-refractivity contribution in [3.8, 4) is 0 Å². The maximum Gasteiger partial charge on any atom is 0.256 e. The van der Waals surface area contributed by atoms with Gasteiger partial charge in [0, 0.05) is 12.1 Å². The van der Waals surface area contributed by atoms with E-state index in [1.54, 1.807) is 6.20 Å². The molecule has 0 saturated carbocycles. The molecule has 1 aliphatic rings. The smallest absolute Gasteiger partial charge is 0.256 e. The average molecular weight is 431 g/mol. The highest BCUT2D eigenvalue weighted by atomic mass is 32.2. The van der Waals surface area contributed by atoms with Crippen molar-refractivity contribution in [3.05, 3.63) is 59.3 Å². The molecule has 0 unspecified atom stereocenters. The molecule has 0 spiro atoms. The van der Waals surface area contributed by atoms with Crippen LogP contribution in [0.3, 0.4) is 0 Å². The van der Waals surface area contributed by atoms with Crippen LogP contribution in [0.2, 0.25) is 6.82 Å². The van der Waals surface area contributed by atoms with Crippen LogP contribution < -0.4 is 10.8 Å². The Labute approximate surface area is 189 Å². The van der Waals surface area contributed by atoms with Crippen molar-refractivity contribution in [1.82, 2.24) is 14.9 Å². The van der Waals surface area contributed by atoms with E-state index >= 15 is 0 Å². The summed E-state index contributed by atoms with van der Waals surface area (Å²) in [6, 6.07) is 12.0. The predicted octanol–water partition coefficient (Wildman–Crippen LogP) is 3.93. The molecule has 1 aromatic heterocycles. The summed E-state index contributed by atoms with van der Waals surface area (Å²) in [7, 11) is 6.10. The number of fused-ring (bicyclic) bond motifs is 1. The molecule has 2 aromatic carbocycles. The van der Waals surface area contributed by atoms with Gasteiger partial charge in [-0.15, -0.1) is 0 Å². The molecule has 31 heavy (non-hydrogen) atoms. The molecule has 7 heteroatoms. The van der Waals surface area contributed by atoms with Gasteiger partial charge in [0.25, 0.3) is 5.91 Å². The number of thioether (sulfide) groups is 1. The fraction of sp³-hybridized carbons (Fsp3) is 0.375. The molecule has 4 rings (SSSR count). The third kappa shape index (κ3) is 5.10. The number of hydrogen-bond donors (Lipinski definition) is 1. The van der Waals surface area contributed by atoms with Gasteiger partial charge in [-0.2, -0.15) is 11.8 Å². The number of aromatic nitrogens is 2. The van der Waals surface area contributed by atoms with Gasteiger partial charge < -0.3 is 10.2 Å². The second-order valence-corrected chi connectivity index (χ2v) is 9.49. The molecule has 1 fully saturated rings. The van der Waals surface area contributed by atoms with Gasteiger partial charge in [0.05, 0.1) is 17.2 Å². The summed E-state index contributed by atoms with van der Waals surface area (Å²) in [6.07, 6.45) is 4.04. The lowest BCUT2D eigenvalue weighted by atomic mass is 9.71. The van der Waals surface area contributed by atoms with Crippen molar-refractivity contribution in [2.24, 2.45) is 0 Å². The van der Waals surface area contributed by atoms with E-state index in [0.717, 1.165) is 23.0 Å². The zero-order valence-electron chi connectivity index (χ0n) is 18.4. The number of carbonyl (C=O) groups is 1. The highest BCUT2D eigenvalue weighted by Gasteiger charge is 2.20. The van der Waals surface area contributed by atoms with Crippen LogP contribution in [0.4, 0.5) is 5.82 Å². The predicted molar refractivity (Wildman–Crippen MR) is 132 cm³/mol. The minimum absolute atomic E-state index is 0.174. The maximum absolute atomic E-state index is 12.8. The Bertz CT molecular complexity index is 1070. The van der Waals surface area contributed by atoms with Crippen molar-refractivity contribution < 1.29 is 4.79 Å². The van der Waals surface area contributed by atoms with Crippen LogP contribution in [0, 0.1) is 0 Å². The van der Waals surface area contributed by atoms with E-state index in [1.807, 2.05) is 64.2 Å². The van der Waals surface area contributed by atoms with Gasteiger partial charge in [-0.3, -0.25) is 9.78 Å². The number of carbonyl (C=O) groups excluding carboxylic acids is 1. The van der Waals surface area contributed by atoms with Crippen molar-refractivity contribution >= 4 is 47.3 Å². The Hall–Kier alpha value is -2.38. The number of nitrogens with one attached hydrogen (secondary N) is 1. The lowest BCUT2D eigenvalue weighted by Crippen LogP contribution is -2.19. The monoisotopic (exact) mass is 431 g/mol. The zero-order chi connectivity index (χ0) is 21.8. The van der Waals surface area contributed by atoms with Gasteiger partial charge in [-0.25, -0.2) is 4.98 Å². The van der Waals surface area contributed by atoms with E-state index in [0.29, 0.717) is 17.3 Å². The largest absolute Gasteiger partial charge is 0.305 e. The first-order valence-corrected chi connectivity index (χ1v) is 11.9. The lowest BCUT2D eigenvalue weighted by molar-refractivity contribution is 0.102. The molecule has 1 radical (unpaired) electrons. The molecule has 1 N–H and O–H groups in total. The number of anilines is 1. The van der Waals surface area contributed by atoms with Crippen LogP contribution in [0.1, 0.15) is 40.2 Å². The van der Waals surface area contributed by atoms with Gasteiger partial charge >= 0.3 is 0 Å². The fourth-order valence-electron chi connectivity index (χ4n) is 4.09. The Morgan fingerprint density at radius 1 is 1.13 bits per heavy atom. The van der Waals surface area contributed by atoms with Gasteiger partial charge in [0.15, 0.2) is 13.1 Å². The number of rotatable bonds is 6. The van der Waals surface area contributed by atoms with E-state index < -0.39 is 0 Å². The first-order valence-electron chi connectivity index (χ1n) is 10.8. The van der Waals surface area contributed by atoms with Gasteiger partial charge in [-0.05, 0) is 67.6 Å². The van der Waals surface area contributed by atoms with Crippen LogP contribution >= 0.6 is 11.8 Å². The Balaban J connectivity index is 1.59. The van der Waals surface area contributed by atoms with Crippen molar-refractivity contribution in [2.45, 2.75) is 32.1 Å². The maximum atomic E-state index is 12.8. The van der Waals surface area contributed by atoms with Gasteiger partial charge in [-0.1, -0.05) is 36.6 Å². The third-order valence-electron chi connectivity index (χ3n) is 5.69. The van der Waals surface area contributed by atoms with E-state index in [9.17, 15) is 4.79 Å². The third-order valence-corrected chi connectivity index (χ3v) is 6.74. The number of nitrogens with zero attached hydrogens (tertiary/aromatic N) is 3. The first kappa shape index (κ1) is 21.8. The minimum atomic E-state index is -0.174. The average Bonchev–Trinajstić information content (AvgIpc) is 2.79. The standard InChI is InChI=1S/C24H28BN4OS/c1-25-20-9-8-19(17-10-12-31-13-11-17)22-23(20)27-21(14-26-22)28-24(30)18-6-4-16(5-7-18)15-29(2)3/h4-9,14,17H,10-13,15H2,1-3H3,(H,27,28,30). The fourth-order valence-corrected chi connectivity index (χ4v) is 5.19. The summed E-state index contributed by atoms with van der Waals surface area (Å²) in [5.74, 6) is 3.23. The van der Waals surface area contributed by atoms with Crippen LogP contribution in [0.15, 0.2) is 42.6 Å². The molecule has 1 saturated heterocycles. The van der Waals surface area contributed by atoms with E-state index in [1.165, 1.54) is 35.5 Å². The van der Waals surface area contributed by atoms with Crippen LogP contribution in [0.5, 0.6) is 0 Å². The number of amides is 1. The number of benzene rings is 2. The lowest BCUT2D eigenvalue weighted by Gasteiger charge is -2.23. The van der Waals surface area contributed by atoms with Gasteiger partial charge in [0.1, 0.15) is 0 Å². The molecule has 1 aliphatic heterocycles. The van der Waals surface area contributed by atoms with Crippen molar-refractivity contribution in [3.63, 3.8) is 0 Å². The van der Waals surface area contributed by atoms with Crippen LogP contribution in [-0.4, -0.2) is 53.7 Å². The summed E-state index contributed by atoms with van der Waals surface area (Å²) in [5.41, 5.74) is 5.92. The molecule has 0 aliphatic carbocycles. The first-order chi connectivity index (χ1) is 15.0. The van der Waals surface area contributed by atoms with Crippen LogP contribution in [-0.2, 0) is 6.54 Å². The van der Waals surface area contributed by atoms with Gasteiger partial charge in [0.2, 0.25) is 0 Å². The Kier molecular flexibility index (Phi) is 6.93. The molecule has 159 valence electrons. The summed E-state index contributed by atoms with van der Waals surface area (Å²) in [5, 5.41) is 2.92. The van der Waals surface area contributed by atoms with Crippen LogP contribution in [0.25, 0.3) is 11.0 Å². The molecule has 3 aromatic rings.